The minimum Gasteiger partial charge on any atom is -0.385 e. The Kier molecular flexibility index (Phi) is 8.07. The number of nitrogens with one attached hydrogen (secondary N) is 3. The molecule has 1 aliphatic carbocycles. The first-order chi connectivity index (χ1) is 12.9. The van der Waals surface area contributed by atoms with Gasteiger partial charge in [0.05, 0.1) is 4.90 Å². The fraction of sp³-hybridized carbons (Fsp3) is 0.632. The van der Waals surface area contributed by atoms with Gasteiger partial charge in [0.25, 0.3) is 0 Å². The predicted molar refractivity (Wildman–Crippen MR) is 108 cm³/mol. The number of guanidine groups is 1. The first-order valence-electron chi connectivity index (χ1n) is 9.41. The summed E-state index contributed by atoms with van der Waals surface area (Å²) in [6.45, 7) is 2.14. The normalized spacial score (nSPS) is 17.1. The highest BCUT2D eigenvalue weighted by Gasteiger charge is 2.33. The zero-order valence-electron chi connectivity index (χ0n) is 16.5. The van der Waals surface area contributed by atoms with Crippen LogP contribution < -0.4 is 15.4 Å². The largest absolute Gasteiger partial charge is 0.385 e. The van der Waals surface area contributed by atoms with Crippen LogP contribution in [0, 0.1) is 5.41 Å². The lowest BCUT2D eigenvalue weighted by Gasteiger charge is -2.30. The highest BCUT2D eigenvalue weighted by Crippen LogP contribution is 2.40. The van der Waals surface area contributed by atoms with Crippen LogP contribution in [0.15, 0.2) is 34.2 Å². The molecule has 0 bridgehead atoms. The lowest BCUT2D eigenvalue weighted by Crippen LogP contribution is -2.43. The molecule has 0 amide bonds. The molecular weight excluding hydrogens is 364 g/mol. The minimum atomic E-state index is -3.44. The molecule has 0 aliphatic heterocycles. The quantitative estimate of drug-likeness (QED) is 0.438. The van der Waals surface area contributed by atoms with Crippen LogP contribution >= 0.6 is 0 Å². The maximum absolute atomic E-state index is 11.9. The van der Waals surface area contributed by atoms with Crippen molar-refractivity contribution in [3.63, 3.8) is 0 Å². The van der Waals surface area contributed by atoms with Gasteiger partial charge in [0.15, 0.2) is 5.96 Å². The van der Waals surface area contributed by atoms with E-state index < -0.39 is 10.0 Å². The summed E-state index contributed by atoms with van der Waals surface area (Å²) < 4.78 is 31.5. The van der Waals surface area contributed by atoms with Gasteiger partial charge in [0.2, 0.25) is 10.0 Å². The van der Waals surface area contributed by atoms with Crippen LogP contribution in [-0.4, -0.2) is 48.7 Å². The lowest BCUT2D eigenvalue weighted by atomic mass is 9.83. The van der Waals surface area contributed by atoms with Gasteiger partial charge in [-0.15, -0.1) is 0 Å². The van der Waals surface area contributed by atoms with E-state index in [-0.39, 0.29) is 10.3 Å². The Balaban J connectivity index is 1.93. The Morgan fingerprint density at radius 3 is 2.63 bits per heavy atom. The van der Waals surface area contributed by atoms with Crippen molar-refractivity contribution in [2.24, 2.45) is 10.4 Å². The number of hydrogen-bond acceptors (Lipinski definition) is 4. The van der Waals surface area contributed by atoms with E-state index in [2.05, 4.69) is 20.3 Å². The van der Waals surface area contributed by atoms with E-state index in [4.69, 9.17) is 4.74 Å². The van der Waals surface area contributed by atoms with Gasteiger partial charge in [-0.1, -0.05) is 25.0 Å². The summed E-state index contributed by atoms with van der Waals surface area (Å²) in [5, 5.41) is 6.71. The molecule has 2 rings (SSSR count). The zero-order valence-corrected chi connectivity index (χ0v) is 17.4. The van der Waals surface area contributed by atoms with E-state index in [1.165, 1.54) is 32.7 Å². The smallest absolute Gasteiger partial charge is 0.240 e. The Morgan fingerprint density at radius 1 is 1.26 bits per heavy atom. The summed E-state index contributed by atoms with van der Waals surface area (Å²) in [6.07, 6.45) is 6.01. The van der Waals surface area contributed by atoms with Crippen LogP contribution in [-0.2, 0) is 21.3 Å². The second kappa shape index (κ2) is 10.1. The van der Waals surface area contributed by atoms with E-state index in [1.54, 1.807) is 32.4 Å². The third-order valence-electron chi connectivity index (χ3n) is 5.29. The average molecular weight is 397 g/mol. The Hall–Kier alpha value is -1.64. The van der Waals surface area contributed by atoms with Crippen molar-refractivity contribution in [2.45, 2.75) is 43.5 Å². The maximum atomic E-state index is 11.9. The van der Waals surface area contributed by atoms with E-state index in [1.807, 2.05) is 6.07 Å². The summed E-state index contributed by atoms with van der Waals surface area (Å²) in [5.41, 5.74) is 1.15. The molecule has 0 atom stereocenters. The molecule has 0 unspecified atom stereocenters. The highest BCUT2D eigenvalue weighted by molar-refractivity contribution is 7.89. The number of aliphatic imine (C=N–C) groups is 1. The molecule has 8 heteroatoms. The van der Waals surface area contributed by atoms with Gasteiger partial charge in [0, 0.05) is 33.9 Å². The standard InChI is InChI=1S/C19H32N4O3S/c1-20-18(23-15-19(11-12-26-3)9-4-5-10-19)22-14-16-7-6-8-17(13-16)27(24,25)21-2/h6-8,13,21H,4-5,9-12,14-15H2,1-3H3,(H2,20,22,23). The van der Waals surface area contributed by atoms with E-state index in [9.17, 15) is 8.42 Å². The molecule has 1 aliphatic rings. The molecule has 7 nitrogen and oxygen atoms in total. The fourth-order valence-electron chi connectivity index (χ4n) is 3.58. The summed E-state index contributed by atoms with van der Waals surface area (Å²) in [6, 6.07) is 6.90. The van der Waals surface area contributed by atoms with Crippen molar-refractivity contribution in [1.82, 2.24) is 15.4 Å². The zero-order chi connectivity index (χ0) is 19.8. The van der Waals surface area contributed by atoms with Crippen molar-refractivity contribution in [3.8, 4) is 0 Å². The van der Waals surface area contributed by atoms with Crippen LogP contribution in [0.25, 0.3) is 0 Å². The Morgan fingerprint density at radius 2 is 2.00 bits per heavy atom. The molecule has 1 fully saturated rings. The van der Waals surface area contributed by atoms with Crippen LogP contribution in [0.3, 0.4) is 0 Å². The maximum Gasteiger partial charge on any atom is 0.240 e. The van der Waals surface area contributed by atoms with Crippen LogP contribution in [0.5, 0.6) is 0 Å². The van der Waals surface area contributed by atoms with Crippen LogP contribution in [0.4, 0.5) is 0 Å². The molecule has 0 spiro atoms. The molecule has 1 aromatic rings. The van der Waals surface area contributed by atoms with Crippen molar-refractivity contribution in [2.75, 3.05) is 34.4 Å². The van der Waals surface area contributed by atoms with Gasteiger partial charge < -0.3 is 15.4 Å². The van der Waals surface area contributed by atoms with E-state index in [0.29, 0.717) is 6.54 Å². The van der Waals surface area contributed by atoms with Crippen molar-refractivity contribution >= 4 is 16.0 Å². The molecule has 0 aromatic heterocycles. The SMILES string of the molecule is CN=C(NCc1cccc(S(=O)(=O)NC)c1)NCC1(CCOC)CCCC1. The highest BCUT2D eigenvalue weighted by atomic mass is 32.2. The van der Waals surface area contributed by atoms with Crippen molar-refractivity contribution in [3.05, 3.63) is 29.8 Å². The molecule has 152 valence electrons. The summed E-state index contributed by atoms with van der Waals surface area (Å²) in [5.74, 6) is 0.723. The number of benzene rings is 1. The summed E-state index contributed by atoms with van der Waals surface area (Å²) >= 11 is 0. The molecule has 0 radical (unpaired) electrons. The monoisotopic (exact) mass is 396 g/mol. The Labute approximate surface area is 163 Å². The Bertz CT molecular complexity index is 728. The van der Waals surface area contributed by atoms with Gasteiger partial charge in [-0.3, -0.25) is 4.99 Å². The topological polar surface area (TPSA) is 91.8 Å². The number of rotatable bonds is 9. The molecule has 1 aromatic carbocycles. The predicted octanol–water partition coefficient (Wildman–Crippen LogP) is 1.86. The number of nitrogens with zero attached hydrogens (tertiary/aromatic N) is 1. The molecule has 27 heavy (non-hydrogen) atoms. The van der Waals surface area contributed by atoms with Crippen LogP contribution in [0.1, 0.15) is 37.7 Å². The molecule has 0 saturated heterocycles. The van der Waals surface area contributed by atoms with Gasteiger partial charge in [-0.2, -0.15) is 0 Å². The summed E-state index contributed by atoms with van der Waals surface area (Å²) in [7, 11) is 1.47. The first-order valence-corrected chi connectivity index (χ1v) is 10.9. The molecule has 1 saturated carbocycles. The van der Waals surface area contributed by atoms with Gasteiger partial charge in [0.1, 0.15) is 0 Å². The van der Waals surface area contributed by atoms with Gasteiger partial charge in [-0.05, 0) is 49.4 Å². The van der Waals surface area contributed by atoms with Gasteiger partial charge >= 0.3 is 0 Å². The van der Waals surface area contributed by atoms with Crippen LogP contribution in [0.2, 0.25) is 0 Å². The second-order valence-corrected chi connectivity index (χ2v) is 8.97. The number of hydrogen-bond donors (Lipinski definition) is 3. The number of methoxy groups -OCH3 is 1. The van der Waals surface area contributed by atoms with E-state index >= 15 is 0 Å². The summed E-state index contributed by atoms with van der Waals surface area (Å²) in [4.78, 5) is 4.56. The average Bonchev–Trinajstić information content (AvgIpc) is 3.16. The minimum absolute atomic E-state index is 0.261. The first kappa shape index (κ1) is 21.7. The fourth-order valence-corrected chi connectivity index (χ4v) is 4.38. The van der Waals surface area contributed by atoms with Crippen molar-refractivity contribution < 1.29 is 13.2 Å². The third kappa shape index (κ3) is 6.19. The van der Waals surface area contributed by atoms with Gasteiger partial charge in [-0.25, -0.2) is 13.1 Å². The molecule has 3 N–H and O–H groups in total. The van der Waals surface area contributed by atoms with E-state index in [0.717, 1.165) is 31.1 Å². The van der Waals surface area contributed by atoms with Crippen molar-refractivity contribution in [1.29, 1.82) is 0 Å². The second-order valence-electron chi connectivity index (χ2n) is 7.08. The third-order valence-corrected chi connectivity index (χ3v) is 6.70. The number of ether oxygens (including phenoxy) is 1. The number of sulfonamides is 1. The molecular formula is C19H32N4O3S. The molecule has 0 heterocycles. The lowest BCUT2D eigenvalue weighted by molar-refractivity contribution is 0.138.